The molecular formula is C17H33ClN7O-. The maximum absolute atomic E-state index is 13.0. The van der Waals surface area contributed by atoms with E-state index in [1.807, 2.05) is 11.1 Å². The van der Waals surface area contributed by atoms with Crippen molar-refractivity contribution >= 4 is 5.91 Å². The van der Waals surface area contributed by atoms with Gasteiger partial charge in [-0.1, -0.05) is 19.1 Å². The third-order valence-electron chi connectivity index (χ3n) is 4.60. The van der Waals surface area contributed by atoms with E-state index in [2.05, 4.69) is 29.5 Å². The summed E-state index contributed by atoms with van der Waals surface area (Å²) >= 11 is 0. The molecule has 1 saturated heterocycles. The predicted octanol–water partition coefficient (Wildman–Crippen LogP) is -2.57. The highest BCUT2D eigenvalue weighted by Gasteiger charge is 2.28. The number of rotatable bonds is 9. The van der Waals surface area contributed by atoms with E-state index in [0.29, 0.717) is 12.5 Å². The van der Waals surface area contributed by atoms with Crippen molar-refractivity contribution in [1.82, 2.24) is 25.2 Å². The van der Waals surface area contributed by atoms with Gasteiger partial charge in [0, 0.05) is 26.2 Å². The standard InChI is InChI=1S/C17H33N7O.ClH/c1-13(2)11-14(19)15-12-24(22-21-15)16(5-3-4-6-18)17(25)23-9-7-20-8-10-23;/h12-14,16,20H,3-11,18-19H2,1-2H3;1H/p-1/t14-,16-;/m0./s1. The second-order valence-corrected chi connectivity index (χ2v) is 7.24. The van der Waals surface area contributed by atoms with Crippen LogP contribution in [0.3, 0.4) is 0 Å². The molecule has 0 radical (unpaired) electrons. The molecule has 2 atom stereocenters. The van der Waals surface area contributed by atoms with E-state index in [9.17, 15) is 4.79 Å². The highest BCUT2D eigenvalue weighted by molar-refractivity contribution is 5.80. The summed E-state index contributed by atoms with van der Waals surface area (Å²) in [5.74, 6) is 0.607. The quantitative estimate of drug-likeness (QED) is 0.402. The molecule has 1 aromatic rings. The fourth-order valence-electron chi connectivity index (χ4n) is 3.19. The highest BCUT2D eigenvalue weighted by Crippen LogP contribution is 2.21. The first-order valence-corrected chi connectivity index (χ1v) is 9.39. The summed E-state index contributed by atoms with van der Waals surface area (Å²) in [5, 5.41) is 11.7. The molecule has 1 aliphatic heterocycles. The van der Waals surface area contributed by atoms with Crippen LogP contribution in [0.5, 0.6) is 0 Å². The molecule has 0 bridgehead atoms. The topological polar surface area (TPSA) is 115 Å². The minimum atomic E-state index is -0.322. The second-order valence-electron chi connectivity index (χ2n) is 7.24. The molecule has 26 heavy (non-hydrogen) atoms. The average Bonchev–Trinajstić information content (AvgIpc) is 3.08. The van der Waals surface area contributed by atoms with Gasteiger partial charge in [0.1, 0.15) is 6.04 Å². The number of hydrogen-bond acceptors (Lipinski definition) is 6. The van der Waals surface area contributed by atoms with Crippen molar-refractivity contribution < 1.29 is 17.2 Å². The van der Waals surface area contributed by atoms with Gasteiger partial charge in [-0.2, -0.15) is 0 Å². The summed E-state index contributed by atoms with van der Waals surface area (Å²) in [6.45, 7) is 8.05. The number of halogens is 1. The SMILES string of the molecule is CC(C)C[C@H](N)c1cn([C@@H](CCCCN)C(=O)N2CCNCC2)nn1.[Cl-]. The van der Waals surface area contributed by atoms with Crippen molar-refractivity contribution in [2.75, 3.05) is 32.7 Å². The molecule has 0 unspecified atom stereocenters. The Hall–Kier alpha value is -1.22. The summed E-state index contributed by atoms with van der Waals surface area (Å²) in [6, 6.07) is -0.468. The van der Waals surface area contributed by atoms with Gasteiger partial charge in [-0.3, -0.25) is 4.79 Å². The number of carbonyl (C=O) groups excluding carboxylic acids is 1. The summed E-state index contributed by atoms with van der Waals surface area (Å²) in [6.07, 6.45) is 5.22. The minimum absolute atomic E-state index is 0. The number of nitrogens with one attached hydrogen (secondary N) is 1. The Balaban J connectivity index is 0.00000338. The molecule has 9 heteroatoms. The summed E-state index contributed by atoms with van der Waals surface area (Å²) in [4.78, 5) is 14.9. The van der Waals surface area contributed by atoms with Gasteiger partial charge in [0.2, 0.25) is 5.91 Å². The number of piperazine rings is 1. The normalized spacial score (nSPS) is 17.0. The third-order valence-corrected chi connectivity index (χ3v) is 4.60. The van der Waals surface area contributed by atoms with Gasteiger partial charge in [-0.05, 0) is 38.1 Å². The Kier molecular flexibility index (Phi) is 10.1. The molecule has 5 N–H and O–H groups in total. The van der Waals surface area contributed by atoms with Crippen molar-refractivity contribution in [2.45, 2.75) is 51.6 Å². The highest BCUT2D eigenvalue weighted by atomic mass is 35.5. The van der Waals surface area contributed by atoms with Gasteiger partial charge in [0.05, 0.1) is 17.9 Å². The van der Waals surface area contributed by atoms with Crippen LogP contribution in [-0.4, -0.2) is 58.5 Å². The molecule has 1 aliphatic rings. The van der Waals surface area contributed by atoms with Crippen LogP contribution in [-0.2, 0) is 4.79 Å². The Morgan fingerprint density at radius 2 is 2.00 bits per heavy atom. The lowest BCUT2D eigenvalue weighted by Gasteiger charge is -2.30. The number of aromatic nitrogens is 3. The van der Waals surface area contributed by atoms with Crippen molar-refractivity contribution in [3.8, 4) is 0 Å². The molecule has 8 nitrogen and oxygen atoms in total. The molecule has 0 saturated carbocycles. The lowest BCUT2D eigenvalue weighted by molar-refractivity contribution is -0.136. The van der Waals surface area contributed by atoms with Gasteiger partial charge >= 0.3 is 0 Å². The first-order chi connectivity index (χ1) is 12.0. The second kappa shape index (κ2) is 11.5. The van der Waals surface area contributed by atoms with Crippen LogP contribution in [0.25, 0.3) is 0 Å². The fourth-order valence-corrected chi connectivity index (χ4v) is 3.19. The first-order valence-electron chi connectivity index (χ1n) is 9.39. The Morgan fingerprint density at radius 1 is 1.31 bits per heavy atom. The predicted molar refractivity (Wildman–Crippen MR) is 97.8 cm³/mol. The lowest BCUT2D eigenvalue weighted by Crippen LogP contribution is -3.00. The van der Waals surface area contributed by atoms with Gasteiger partial charge in [0.15, 0.2) is 0 Å². The van der Waals surface area contributed by atoms with Crippen LogP contribution in [0.1, 0.15) is 57.3 Å². The van der Waals surface area contributed by atoms with Crippen molar-refractivity contribution in [1.29, 1.82) is 0 Å². The monoisotopic (exact) mass is 386 g/mol. The smallest absolute Gasteiger partial charge is 0.247 e. The molecular weight excluding hydrogens is 354 g/mol. The molecule has 1 fully saturated rings. The maximum atomic E-state index is 13.0. The zero-order chi connectivity index (χ0) is 18.2. The van der Waals surface area contributed by atoms with Crippen LogP contribution in [0.15, 0.2) is 6.20 Å². The third kappa shape index (κ3) is 6.50. The fraction of sp³-hybridized carbons (Fsp3) is 0.824. The Morgan fingerprint density at radius 3 is 2.62 bits per heavy atom. The van der Waals surface area contributed by atoms with E-state index in [4.69, 9.17) is 11.5 Å². The molecule has 150 valence electrons. The molecule has 1 aromatic heterocycles. The summed E-state index contributed by atoms with van der Waals surface area (Å²) < 4.78 is 1.70. The van der Waals surface area contributed by atoms with Gasteiger partial charge < -0.3 is 34.1 Å². The van der Waals surface area contributed by atoms with Crippen molar-refractivity contribution in [2.24, 2.45) is 17.4 Å². The van der Waals surface area contributed by atoms with Crippen molar-refractivity contribution in [3.05, 3.63) is 11.9 Å². The number of unbranched alkanes of at least 4 members (excludes halogenated alkanes) is 1. The lowest BCUT2D eigenvalue weighted by atomic mass is 10.0. The number of nitrogens with zero attached hydrogens (tertiary/aromatic N) is 4. The largest absolute Gasteiger partial charge is 1.00 e. The molecule has 2 heterocycles. The Bertz CT molecular complexity index is 531. The maximum Gasteiger partial charge on any atom is 0.247 e. The number of nitrogens with two attached hydrogens (primary N) is 2. The van der Waals surface area contributed by atoms with E-state index < -0.39 is 0 Å². The van der Waals surface area contributed by atoms with Crippen LogP contribution in [0.4, 0.5) is 0 Å². The molecule has 1 amide bonds. The van der Waals surface area contributed by atoms with Crippen LogP contribution in [0, 0.1) is 5.92 Å². The van der Waals surface area contributed by atoms with E-state index in [-0.39, 0.29) is 30.4 Å². The first kappa shape index (κ1) is 22.8. The average molecular weight is 387 g/mol. The van der Waals surface area contributed by atoms with E-state index in [0.717, 1.165) is 57.6 Å². The number of carbonyl (C=O) groups is 1. The summed E-state index contributed by atoms with van der Waals surface area (Å²) in [7, 11) is 0. The number of hydrogen-bond donors (Lipinski definition) is 3. The minimum Gasteiger partial charge on any atom is -1.00 e. The summed E-state index contributed by atoms with van der Waals surface area (Å²) in [5.41, 5.74) is 12.6. The zero-order valence-corrected chi connectivity index (χ0v) is 16.7. The molecule has 0 aromatic carbocycles. The van der Waals surface area contributed by atoms with E-state index in [1.165, 1.54) is 0 Å². The van der Waals surface area contributed by atoms with Gasteiger partial charge in [-0.15, -0.1) is 5.10 Å². The molecule has 2 rings (SSSR count). The van der Waals surface area contributed by atoms with Crippen LogP contribution in [0.2, 0.25) is 0 Å². The number of amides is 1. The molecule has 0 spiro atoms. The van der Waals surface area contributed by atoms with Gasteiger partial charge in [-0.25, -0.2) is 4.68 Å². The van der Waals surface area contributed by atoms with Crippen molar-refractivity contribution in [3.63, 3.8) is 0 Å². The Labute approximate surface area is 162 Å². The zero-order valence-electron chi connectivity index (χ0n) is 15.9. The van der Waals surface area contributed by atoms with Crippen LogP contribution < -0.4 is 29.2 Å². The van der Waals surface area contributed by atoms with Gasteiger partial charge in [0.25, 0.3) is 0 Å². The van der Waals surface area contributed by atoms with E-state index >= 15 is 0 Å². The van der Waals surface area contributed by atoms with E-state index in [1.54, 1.807) is 4.68 Å². The van der Waals surface area contributed by atoms with Crippen LogP contribution >= 0.6 is 0 Å². The molecule has 0 aliphatic carbocycles.